The SMILES string of the molecule is Cn1nc2c(c1-c1cccc(Cl)c1)C[C@H]1CCC[C@@H]2N1C(=O)c1cccc(-n2cncn2)c1. The number of nitrogens with zero attached hydrogens (tertiary/aromatic N) is 6. The van der Waals surface area contributed by atoms with E-state index in [-0.39, 0.29) is 18.0 Å². The molecular formula is C25H23ClN6O. The van der Waals surface area contributed by atoms with Gasteiger partial charge in [0.25, 0.3) is 5.91 Å². The first-order chi connectivity index (χ1) is 16.1. The predicted octanol–water partition coefficient (Wildman–Crippen LogP) is 4.61. The van der Waals surface area contributed by atoms with Crippen molar-refractivity contribution < 1.29 is 4.79 Å². The lowest BCUT2D eigenvalue weighted by molar-refractivity contribution is 0.0392. The Morgan fingerprint density at radius 3 is 2.82 bits per heavy atom. The number of aryl methyl sites for hydroxylation is 1. The van der Waals surface area contributed by atoms with Crippen LogP contribution >= 0.6 is 11.6 Å². The minimum atomic E-state index is -0.0193. The van der Waals surface area contributed by atoms with Crippen LogP contribution in [0.1, 0.15) is 46.9 Å². The maximum absolute atomic E-state index is 13.8. The van der Waals surface area contributed by atoms with Crippen molar-refractivity contribution in [3.8, 4) is 16.9 Å². The van der Waals surface area contributed by atoms with Crippen molar-refractivity contribution in [2.75, 3.05) is 0 Å². The molecule has 1 fully saturated rings. The zero-order valence-electron chi connectivity index (χ0n) is 18.2. The molecule has 0 saturated carbocycles. The van der Waals surface area contributed by atoms with E-state index in [0.29, 0.717) is 10.6 Å². The maximum atomic E-state index is 13.8. The highest BCUT2D eigenvalue weighted by molar-refractivity contribution is 6.30. The number of piperidine rings is 1. The molecule has 1 saturated heterocycles. The molecule has 2 aromatic heterocycles. The van der Waals surface area contributed by atoms with E-state index >= 15 is 0 Å². The normalized spacial score (nSPS) is 19.4. The van der Waals surface area contributed by atoms with Gasteiger partial charge in [0.2, 0.25) is 0 Å². The largest absolute Gasteiger partial charge is 0.327 e. The molecule has 4 aromatic rings. The number of benzene rings is 2. The summed E-state index contributed by atoms with van der Waals surface area (Å²) < 4.78 is 3.62. The zero-order valence-corrected chi connectivity index (χ0v) is 19.0. The highest BCUT2D eigenvalue weighted by Crippen LogP contribution is 2.45. The van der Waals surface area contributed by atoms with Crippen LogP contribution in [-0.4, -0.2) is 41.4 Å². The third kappa shape index (κ3) is 3.35. The molecule has 2 bridgehead atoms. The molecule has 2 aliphatic rings. The van der Waals surface area contributed by atoms with Crippen LogP contribution in [0.5, 0.6) is 0 Å². The average molecular weight is 459 g/mol. The van der Waals surface area contributed by atoms with Gasteiger partial charge in [0, 0.05) is 34.8 Å². The molecule has 0 N–H and O–H groups in total. The second-order valence-electron chi connectivity index (χ2n) is 8.75. The van der Waals surface area contributed by atoms with Gasteiger partial charge in [0.1, 0.15) is 12.7 Å². The fourth-order valence-corrected chi connectivity index (χ4v) is 5.61. The van der Waals surface area contributed by atoms with Crippen molar-refractivity contribution in [1.29, 1.82) is 0 Å². The lowest BCUT2D eigenvalue weighted by atomic mass is 9.81. The third-order valence-corrected chi connectivity index (χ3v) is 7.02. The molecule has 7 nitrogen and oxygen atoms in total. The number of carbonyl (C=O) groups excluding carboxylic acids is 1. The van der Waals surface area contributed by atoms with E-state index in [9.17, 15) is 4.79 Å². The molecule has 2 aliphatic heterocycles. The van der Waals surface area contributed by atoms with Crippen LogP contribution in [-0.2, 0) is 13.5 Å². The summed E-state index contributed by atoms with van der Waals surface area (Å²) in [6.07, 6.45) is 6.94. The second kappa shape index (κ2) is 7.85. The van der Waals surface area contributed by atoms with E-state index in [1.54, 1.807) is 11.0 Å². The van der Waals surface area contributed by atoms with Gasteiger partial charge in [-0.05, 0) is 56.0 Å². The average Bonchev–Trinajstić information content (AvgIpc) is 3.46. The molecule has 0 aliphatic carbocycles. The van der Waals surface area contributed by atoms with Gasteiger partial charge in [0.15, 0.2) is 0 Å². The van der Waals surface area contributed by atoms with Gasteiger partial charge >= 0.3 is 0 Å². The smallest absolute Gasteiger partial charge is 0.254 e. The summed E-state index contributed by atoms with van der Waals surface area (Å²) in [6.45, 7) is 0. The number of hydrogen-bond acceptors (Lipinski definition) is 4. The fourth-order valence-electron chi connectivity index (χ4n) is 5.42. The summed E-state index contributed by atoms with van der Waals surface area (Å²) in [7, 11) is 1.98. The minimum Gasteiger partial charge on any atom is -0.327 e. The van der Waals surface area contributed by atoms with Crippen LogP contribution in [0, 0.1) is 0 Å². The Kier molecular flexibility index (Phi) is 4.80. The van der Waals surface area contributed by atoms with Crippen LogP contribution in [0.25, 0.3) is 16.9 Å². The van der Waals surface area contributed by atoms with E-state index in [4.69, 9.17) is 16.7 Å². The van der Waals surface area contributed by atoms with Crippen molar-refractivity contribution in [2.45, 2.75) is 37.8 Å². The summed E-state index contributed by atoms with van der Waals surface area (Å²) in [6, 6.07) is 15.6. The van der Waals surface area contributed by atoms with Gasteiger partial charge in [-0.25, -0.2) is 9.67 Å². The van der Waals surface area contributed by atoms with Gasteiger partial charge in [0.05, 0.1) is 23.1 Å². The zero-order chi connectivity index (χ0) is 22.5. The van der Waals surface area contributed by atoms with E-state index in [1.807, 2.05) is 54.2 Å². The van der Waals surface area contributed by atoms with Crippen molar-refractivity contribution >= 4 is 17.5 Å². The Morgan fingerprint density at radius 1 is 1.12 bits per heavy atom. The molecule has 0 radical (unpaired) electrons. The minimum absolute atomic E-state index is 0.0193. The first-order valence-electron chi connectivity index (χ1n) is 11.2. The van der Waals surface area contributed by atoms with E-state index in [0.717, 1.165) is 48.3 Å². The molecule has 4 heterocycles. The summed E-state index contributed by atoms with van der Waals surface area (Å²) in [4.78, 5) is 19.9. The Morgan fingerprint density at radius 2 is 2.00 bits per heavy atom. The molecule has 166 valence electrons. The van der Waals surface area contributed by atoms with Crippen molar-refractivity contribution in [3.63, 3.8) is 0 Å². The Hall–Kier alpha value is -3.45. The monoisotopic (exact) mass is 458 g/mol. The molecule has 2 atom stereocenters. The Balaban J connectivity index is 1.39. The standard InChI is InChI=1S/C25H23ClN6O/c1-30-24(16-5-2-7-18(26)11-16)21-13-20-9-4-10-22(23(21)29-30)32(20)25(33)17-6-3-8-19(12-17)31-15-27-14-28-31/h2-3,5-8,11-12,14-15,20,22H,4,9-10,13H2,1H3/t20-,22+/m1/s1. The molecule has 8 heteroatoms. The van der Waals surface area contributed by atoms with Crippen molar-refractivity contribution in [3.05, 3.63) is 83.0 Å². The number of halogens is 1. The van der Waals surface area contributed by atoms with Gasteiger partial charge in [-0.2, -0.15) is 10.2 Å². The lowest BCUT2D eigenvalue weighted by Crippen LogP contribution is -2.49. The summed E-state index contributed by atoms with van der Waals surface area (Å²) in [5.74, 6) is 0.0484. The van der Waals surface area contributed by atoms with Gasteiger partial charge < -0.3 is 4.90 Å². The fraction of sp³-hybridized carbons (Fsp3) is 0.280. The maximum Gasteiger partial charge on any atom is 0.254 e. The van der Waals surface area contributed by atoms with Crippen LogP contribution in [0.15, 0.2) is 61.2 Å². The number of rotatable bonds is 3. The molecule has 33 heavy (non-hydrogen) atoms. The van der Waals surface area contributed by atoms with E-state index in [2.05, 4.69) is 21.0 Å². The summed E-state index contributed by atoms with van der Waals surface area (Å²) in [5.41, 5.74) is 5.91. The summed E-state index contributed by atoms with van der Waals surface area (Å²) in [5, 5.41) is 9.82. The van der Waals surface area contributed by atoms with E-state index < -0.39 is 0 Å². The van der Waals surface area contributed by atoms with Gasteiger partial charge in [-0.15, -0.1) is 0 Å². The number of carbonyl (C=O) groups is 1. The highest BCUT2D eigenvalue weighted by Gasteiger charge is 2.43. The summed E-state index contributed by atoms with van der Waals surface area (Å²) >= 11 is 6.28. The first-order valence-corrected chi connectivity index (χ1v) is 11.6. The Bertz CT molecular complexity index is 1340. The number of hydrogen-bond donors (Lipinski definition) is 0. The number of aromatic nitrogens is 5. The second-order valence-corrected chi connectivity index (χ2v) is 9.19. The van der Waals surface area contributed by atoms with Crippen LogP contribution in [0.3, 0.4) is 0 Å². The quantitative estimate of drug-likeness (QED) is 0.449. The first kappa shape index (κ1) is 20.2. The van der Waals surface area contributed by atoms with Crippen molar-refractivity contribution in [1.82, 2.24) is 29.4 Å². The lowest BCUT2D eigenvalue weighted by Gasteiger charge is -2.45. The van der Waals surface area contributed by atoms with Gasteiger partial charge in [-0.3, -0.25) is 9.48 Å². The van der Waals surface area contributed by atoms with Crippen molar-refractivity contribution in [2.24, 2.45) is 7.05 Å². The van der Waals surface area contributed by atoms with Crippen LogP contribution in [0.2, 0.25) is 5.02 Å². The molecule has 0 unspecified atom stereocenters. The number of amides is 1. The molecule has 0 spiro atoms. The third-order valence-electron chi connectivity index (χ3n) is 6.78. The Labute approximate surface area is 196 Å². The molecule has 2 aromatic carbocycles. The highest BCUT2D eigenvalue weighted by atomic mass is 35.5. The van der Waals surface area contributed by atoms with Gasteiger partial charge in [-0.1, -0.05) is 29.8 Å². The van der Waals surface area contributed by atoms with E-state index in [1.165, 1.54) is 11.9 Å². The van der Waals surface area contributed by atoms with Crippen LogP contribution in [0.4, 0.5) is 0 Å². The number of fused-ring (bicyclic) bond motifs is 4. The molecule has 6 rings (SSSR count). The predicted molar refractivity (Wildman–Crippen MR) is 125 cm³/mol. The molecule has 1 amide bonds. The van der Waals surface area contributed by atoms with Crippen LogP contribution < -0.4 is 0 Å². The molecular weight excluding hydrogens is 436 g/mol. The topological polar surface area (TPSA) is 68.8 Å².